The molecule has 0 spiro atoms. The highest BCUT2D eigenvalue weighted by atomic mass is 16.4. The molecule has 16 heavy (non-hydrogen) atoms. The third-order valence-corrected chi connectivity index (χ3v) is 3.74. The molecule has 1 aliphatic rings. The summed E-state index contributed by atoms with van der Waals surface area (Å²) < 4.78 is 0. The van der Waals surface area contributed by atoms with E-state index in [1.54, 1.807) is 0 Å². The van der Waals surface area contributed by atoms with Gasteiger partial charge in [0.2, 0.25) is 0 Å². The molecule has 0 aliphatic heterocycles. The lowest BCUT2D eigenvalue weighted by atomic mass is 9.73. The molecule has 1 aromatic rings. The van der Waals surface area contributed by atoms with Gasteiger partial charge in [-0.2, -0.15) is 0 Å². The van der Waals surface area contributed by atoms with E-state index in [1.807, 2.05) is 18.2 Å². The zero-order valence-electron chi connectivity index (χ0n) is 9.65. The molecule has 0 radical (unpaired) electrons. The number of benzene rings is 1. The molecule has 0 amide bonds. The number of carboxylic acid groups (broad SMARTS) is 1. The molecule has 1 fully saturated rings. The Hall–Kier alpha value is -1.31. The summed E-state index contributed by atoms with van der Waals surface area (Å²) in [4.78, 5) is 11.2. The van der Waals surface area contributed by atoms with Crippen LogP contribution >= 0.6 is 0 Å². The predicted molar refractivity (Wildman–Crippen MR) is 63.3 cm³/mol. The van der Waals surface area contributed by atoms with Crippen molar-refractivity contribution in [3.8, 4) is 0 Å². The fraction of sp³-hybridized carbons (Fsp3) is 0.500. The highest BCUT2D eigenvalue weighted by molar-refractivity contribution is 5.71. The third-order valence-electron chi connectivity index (χ3n) is 3.74. The number of hydrogen-bond donors (Lipinski definition) is 1. The van der Waals surface area contributed by atoms with Crippen LogP contribution in [0.1, 0.15) is 30.4 Å². The van der Waals surface area contributed by atoms with Crippen LogP contribution in [-0.4, -0.2) is 11.1 Å². The Morgan fingerprint density at radius 2 is 2.12 bits per heavy atom. The average Bonchev–Trinajstić information content (AvgIpc) is 2.17. The summed E-state index contributed by atoms with van der Waals surface area (Å²) in [5.74, 6) is -0.417. The van der Waals surface area contributed by atoms with E-state index >= 15 is 0 Å². The van der Waals surface area contributed by atoms with Crippen LogP contribution in [0.5, 0.6) is 0 Å². The van der Waals surface area contributed by atoms with Gasteiger partial charge in [0.25, 0.3) is 0 Å². The largest absolute Gasteiger partial charge is 0.481 e. The lowest BCUT2D eigenvalue weighted by Gasteiger charge is -2.31. The van der Waals surface area contributed by atoms with Gasteiger partial charge in [0, 0.05) is 0 Å². The Bertz CT molecular complexity index is 380. The van der Waals surface area contributed by atoms with Crippen LogP contribution in [0, 0.1) is 18.8 Å². The second kappa shape index (κ2) is 4.69. The molecule has 0 saturated heterocycles. The van der Waals surface area contributed by atoms with E-state index in [-0.39, 0.29) is 5.92 Å². The van der Waals surface area contributed by atoms with E-state index in [2.05, 4.69) is 13.0 Å². The summed E-state index contributed by atoms with van der Waals surface area (Å²) >= 11 is 0. The summed E-state index contributed by atoms with van der Waals surface area (Å²) in [6.07, 6.45) is 4.06. The number of aryl methyl sites for hydroxylation is 1. The molecular weight excluding hydrogens is 200 g/mol. The Morgan fingerprint density at radius 3 is 2.62 bits per heavy atom. The van der Waals surface area contributed by atoms with Crippen molar-refractivity contribution in [1.82, 2.24) is 0 Å². The summed E-state index contributed by atoms with van der Waals surface area (Å²) in [6, 6.07) is 8.08. The molecule has 1 atom stereocenters. The highest BCUT2D eigenvalue weighted by Gasteiger charge is 2.32. The Balaban J connectivity index is 2.11. The molecule has 86 valence electrons. The van der Waals surface area contributed by atoms with Crippen molar-refractivity contribution in [2.24, 2.45) is 11.8 Å². The maximum atomic E-state index is 11.2. The molecule has 1 aliphatic carbocycles. The summed E-state index contributed by atoms with van der Waals surface area (Å²) in [6.45, 7) is 2.05. The molecule has 0 aromatic heterocycles. The second-order valence-electron chi connectivity index (χ2n) is 4.77. The molecule has 0 bridgehead atoms. The van der Waals surface area contributed by atoms with Crippen LogP contribution < -0.4 is 0 Å². The first kappa shape index (κ1) is 11.2. The van der Waals surface area contributed by atoms with E-state index < -0.39 is 5.97 Å². The summed E-state index contributed by atoms with van der Waals surface area (Å²) in [5.41, 5.74) is 2.38. The number of carboxylic acids is 1. The average molecular weight is 218 g/mol. The SMILES string of the molecule is Cc1ccccc1CC(C(=O)O)C1CCC1. The zero-order chi connectivity index (χ0) is 11.5. The molecule has 2 heteroatoms. The number of rotatable bonds is 4. The Morgan fingerprint density at radius 1 is 1.44 bits per heavy atom. The molecule has 1 aromatic carbocycles. The van der Waals surface area contributed by atoms with Gasteiger partial charge in [0.05, 0.1) is 5.92 Å². The minimum atomic E-state index is -0.632. The van der Waals surface area contributed by atoms with E-state index in [9.17, 15) is 9.90 Å². The maximum Gasteiger partial charge on any atom is 0.307 e. The molecule has 1 N–H and O–H groups in total. The van der Waals surface area contributed by atoms with Gasteiger partial charge in [-0.15, -0.1) is 0 Å². The minimum absolute atomic E-state index is 0.185. The van der Waals surface area contributed by atoms with Crippen LogP contribution in [0.3, 0.4) is 0 Å². The van der Waals surface area contributed by atoms with Gasteiger partial charge in [-0.05, 0) is 43.2 Å². The van der Waals surface area contributed by atoms with Crippen molar-refractivity contribution < 1.29 is 9.90 Å². The quantitative estimate of drug-likeness (QED) is 0.843. The lowest BCUT2D eigenvalue weighted by Crippen LogP contribution is -2.30. The van der Waals surface area contributed by atoms with Crippen LogP contribution in [0.2, 0.25) is 0 Å². The summed E-state index contributed by atoms with van der Waals surface area (Å²) in [7, 11) is 0. The molecule has 2 rings (SSSR count). The Kier molecular flexibility index (Phi) is 3.28. The second-order valence-corrected chi connectivity index (χ2v) is 4.77. The van der Waals surface area contributed by atoms with Crippen molar-refractivity contribution in [2.45, 2.75) is 32.6 Å². The smallest absolute Gasteiger partial charge is 0.307 e. The first-order valence-corrected chi connectivity index (χ1v) is 5.96. The topological polar surface area (TPSA) is 37.3 Å². The molecular formula is C14H18O2. The van der Waals surface area contributed by atoms with Gasteiger partial charge in [0.1, 0.15) is 0 Å². The van der Waals surface area contributed by atoms with Crippen molar-refractivity contribution in [3.05, 3.63) is 35.4 Å². The van der Waals surface area contributed by atoms with Gasteiger partial charge < -0.3 is 5.11 Å². The summed E-state index contributed by atoms with van der Waals surface area (Å²) in [5, 5.41) is 9.26. The van der Waals surface area contributed by atoms with Gasteiger partial charge in [-0.25, -0.2) is 0 Å². The molecule has 0 heterocycles. The first-order valence-electron chi connectivity index (χ1n) is 5.96. The van der Waals surface area contributed by atoms with Crippen LogP contribution in [0.25, 0.3) is 0 Å². The van der Waals surface area contributed by atoms with Crippen LogP contribution in [-0.2, 0) is 11.2 Å². The number of carbonyl (C=O) groups is 1. The van der Waals surface area contributed by atoms with Gasteiger partial charge >= 0.3 is 5.97 Å². The third kappa shape index (κ3) is 2.26. The predicted octanol–water partition coefficient (Wildman–Crippen LogP) is 3.04. The standard InChI is InChI=1S/C14H18O2/c1-10-5-2-3-6-12(10)9-13(14(15)16)11-7-4-8-11/h2-3,5-6,11,13H,4,7-9H2,1H3,(H,15,16). The van der Waals surface area contributed by atoms with Crippen molar-refractivity contribution >= 4 is 5.97 Å². The van der Waals surface area contributed by atoms with Crippen molar-refractivity contribution in [3.63, 3.8) is 0 Å². The number of hydrogen-bond acceptors (Lipinski definition) is 1. The fourth-order valence-corrected chi connectivity index (χ4v) is 2.37. The lowest BCUT2D eigenvalue weighted by molar-refractivity contribution is -0.144. The van der Waals surface area contributed by atoms with Crippen LogP contribution in [0.4, 0.5) is 0 Å². The minimum Gasteiger partial charge on any atom is -0.481 e. The monoisotopic (exact) mass is 218 g/mol. The Labute approximate surface area is 96.3 Å². The highest BCUT2D eigenvalue weighted by Crippen LogP contribution is 2.35. The molecule has 2 nitrogen and oxygen atoms in total. The fourth-order valence-electron chi connectivity index (χ4n) is 2.37. The normalized spacial score (nSPS) is 17.8. The van der Waals surface area contributed by atoms with Gasteiger partial charge in [-0.1, -0.05) is 30.7 Å². The zero-order valence-corrected chi connectivity index (χ0v) is 9.65. The van der Waals surface area contributed by atoms with E-state index in [0.29, 0.717) is 12.3 Å². The van der Waals surface area contributed by atoms with Gasteiger partial charge in [0.15, 0.2) is 0 Å². The number of aliphatic carboxylic acids is 1. The van der Waals surface area contributed by atoms with Crippen molar-refractivity contribution in [2.75, 3.05) is 0 Å². The molecule has 1 unspecified atom stereocenters. The maximum absolute atomic E-state index is 11.2. The first-order chi connectivity index (χ1) is 7.68. The van der Waals surface area contributed by atoms with E-state index in [0.717, 1.165) is 12.8 Å². The van der Waals surface area contributed by atoms with Gasteiger partial charge in [-0.3, -0.25) is 4.79 Å². The molecule has 1 saturated carbocycles. The van der Waals surface area contributed by atoms with E-state index in [4.69, 9.17) is 0 Å². The van der Waals surface area contributed by atoms with Crippen LogP contribution in [0.15, 0.2) is 24.3 Å². The van der Waals surface area contributed by atoms with Crippen molar-refractivity contribution in [1.29, 1.82) is 0 Å². The van der Waals surface area contributed by atoms with E-state index in [1.165, 1.54) is 17.5 Å².